The van der Waals surface area contributed by atoms with Crippen LogP contribution in [0.5, 0.6) is 5.75 Å². The van der Waals surface area contributed by atoms with Crippen LogP contribution in [-0.2, 0) is 6.42 Å². The lowest BCUT2D eigenvalue weighted by Crippen LogP contribution is -1.98. The van der Waals surface area contributed by atoms with Crippen LogP contribution in [-0.4, -0.2) is 26.6 Å². The Morgan fingerprint density at radius 2 is 2.18 bits per heavy atom. The summed E-state index contributed by atoms with van der Waals surface area (Å²) in [6, 6.07) is 5.64. The molecule has 22 heavy (non-hydrogen) atoms. The largest absolute Gasteiger partial charge is 0.495 e. The van der Waals surface area contributed by atoms with Crippen LogP contribution in [0.25, 0.3) is 17.2 Å². The van der Waals surface area contributed by atoms with Crippen molar-refractivity contribution < 1.29 is 4.74 Å². The van der Waals surface area contributed by atoms with Gasteiger partial charge in [0.05, 0.1) is 12.1 Å². The van der Waals surface area contributed by atoms with Crippen molar-refractivity contribution in [3.05, 3.63) is 47.1 Å². The number of aromatic amines is 1. The Kier molecular flexibility index (Phi) is 3.90. The third kappa shape index (κ3) is 2.48. The summed E-state index contributed by atoms with van der Waals surface area (Å²) in [5.74, 6) is 2.39. The number of ether oxygens (including phenoxy) is 1. The summed E-state index contributed by atoms with van der Waals surface area (Å²) in [5.41, 5.74) is 2.77. The molecule has 0 radical (unpaired) electrons. The number of benzene rings is 1. The normalized spacial score (nSPS) is 10.9. The molecular weight excluding hydrogens is 300 g/mol. The number of hydrogen-bond donors (Lipinski definition) is 1. The van der Waals surface area contributed by atoms with E-state index in [1.807, 2.05) is 35.9 Å². The summed E-state index contributed by atoms with van der Waals surface area (Å²) in [6.45, 7) is 4.07. The summed E-state index contributed by atoms with van der Waals surface area (Å²) in [7, 11) is 1.60. The number of methoxy groups -OCH3 is 1. The number of nitrogens with one attached hydrogen (secondary N) is 1. The number of aryl methyl sites for hydroxylation is 2. The summed E-state index contributed by atoms with van der Waals surface area (Å²) in [4.78, 5) is 12.3. The Labute approximate surface area is 133 Å². The quantitative estimate of drug-likeness (QED) is 0.796. The molecule has 3 aromatic rings. The fraction of sp³-hybridized carbons (Fsp3) is 0.250. The molecule has 0 saturated carbocycles. The van der Waals surface area contributed by atoms with Gasteiger partial charge in [-0.25, -0.2) is 9.97 Å². The van der Waals surface area contributed by atoms with Gasteiger partial charge in [0.1, 0.15) is 17.3 Å². The van der Waals surface area contributed by atoms with Crippen molar-refractivity contribution in [3.8, 4) is 23.0 Å². The van der Waals surface area contributed by atoms with E-state index in [9.17, 15) is 0 Å². The Morgan fingerprint density at radius 1 is 1.36 bits per heavy atom. The van der Waals surface area contributed by atoms with Crippen molar-refractivity contribution in [1.82, 2.24) is 19.5 Å². The molecule has 6 heteroatoms. The minimum absolute atomic E-state index is 0.563. The second kappa shape index (κ2) is 5.85. The van der Waals surface area contributed by atoms with Gasteiger partial charge in [0.2, 0.25) is 0 Å². The van der Waals surface area contributed by atoms with Crippen LogP contribution in [0, 0.1) is 6.92 Å². The first kappa shape index (κ1) is 14.7. The maximum absolute atomic E-state index is 6.22. The van der Waals surface area contributed by atoms with Gasteiger partial charge >= 0.3 is 0 Å². The predicted molar refractivity (Wildman–Crippen MR) is 86.8 cm³/mol. The summed E-state index contributed by atoms with van der Waals surface area (Å²) >= 11 is 6.22. The number of H-pyrrole nitrogens is 1. The number of halogens is 1. The van der Waals surface area contributed by atoms with Crippen molar-refractivity contribution in [3.63, 3.8) is 0 Å². The molecule has 0 atom stereocenters. The molecule has 1 aromatic carbocycles. The maximum atomic E-state index is 6.22. The third-order valence-electron chi connectivity index (χ3n) is 3.53. The number of imidazole rings is 2. The molecule has 0 fully saturated rings. The first-order valence-electron chi connectivity index (χ1n) is 7.07. The minimum atomic E-state index is 0.563. The summed E-state index contributed by atoms with van der Waals surface area (Å²) < 4.78 is 7.16. The van der Waals surface area contributed by atoms with E-state index in [1.165, 1.54) is 0 Å². The van der Waals surface area contributed by atoms with Gasteiger partial charge < -0.3 is 9.72 Å². The Hall–Kier alpha value is -2.27. The van der Waals surface area contributed by atoms with Gasteiger partial charge in [0, 0.05) is 30.2 Å². The zero-order chi connectivity index (χ0) is 15.7. The first-order chi connectivity index (χ1) is 10.6. The van der Waals surface area contributed by atoms with Crippen LogP contribution >= 0.6 is 11.6 Å². The van der Waals surface area contributed by atoms with Gasteiger partial charge in [0.25, 0.3) is 0 Å². The molecule has 5 nitrogen and oxygen atoms in total. The topological polar surface area (TPSA) is 55.7 Å². The van der Waals surface area contributed by atoms with Gasteiger partial charge in [-0.2, -0.15) is 0 Å². The predicted octanol–water partition coefficient (Wildman–Crippen LogP) is 3.80. The van der Waals surface area contributed by atoms with Crippen molar-refractivity contribution >= 4 is 11.6 Å². The summed E-state index contributed by atoms with van der Waals surface area (Å²) in [5, 5.41) is 0.563. The van der Waals surface area contributed by atoms with Crippen molar-refractivity contribution in [2.75, 3.05) is 7.11 Å². The molecule has 1 N–H and O–H groups in total. The molecule has 0 aliphatic rings. The van der Waals surface area contributed by atoms with Gasteiger partial charge in [-0.1, -0.05) is 18.5 Å². The molecule has 0 bridgehead atoms. The van der Waals surface area contributed by atoms with Gasteiger partial charge in [-0.3, -0.25) is 4.57 Å². The lowest BCUT2D eigenvalue weighted by molar-refractivity contribution is 0.415. The maximum Gasteiger partial charge on any atom is 0.165 e. The molecule has 2 heterocycles. The van der Waals surface area contributed by atoms with Crippen LogP contribution in [0.3, 0.4) is 0 Å². The van der Waals surface area contributed by atoms with Crippen LogP contribution in [0.1, 0.15) is 18.4 Å². The highest BCUT2D eigenvalue weighted by molar-refractivity contribution is 6.32. The van der Waals surface area contributed by atoms with E-state index >= 15 is 0 Å². The average Bonchev–Trinajstić information content (AvgIpc) is 3.13. The fourth-order valence-electron chi connectivity index (χ4n) is 2.40. The molecule has 2 aromatic heterocycles. The smallest absolute Gasteiger partial charge is 0.165 e. The van der Waals surface area contributed by atoms with E-state index in [0.29, 0.717) is 10.8 Å². The number of rotatable bonds is 4. The Bertz CT molecular complexity index is 806. The van der Waals surface area contributed by atoms with E-state index in [0.717, 1.165) is 35.1 Å². The van der Waals surface area contributed by atoms with E-state index in [1.54, 1.807) is 13.3 Å². The highest BCUT2D eigenvalue weighted by Crippen LogP contribution is 2.29. The molecule has 0 spiro atoms. The van der Waals surface area contributed by atoms with Crippen molar-refractivity contribution in [2.24, 2.45) is 0 Å². The standard InChI is InChI=1S/C16H17ClN4O/c1-4-14-19-10(2)15(20-14)16-18-7-8-21(16)11-5-6-13(22-3)12(17)9-11/h5-9H,4H2,1-3H3,(H,19,20). The molecule has 0 saturated heterocycles. The lowest BCUT2D eigenvalue weighted by Gasteiger charge is -2.09. The first-order valence-corrected chi connectivity index (χ1v) is 7.45. The molecule has 0 aliphatic carbocycles. The van der Waals surface area contributed by atoms with Crippen LogP contribution in [0.15, 0.2) is 30.6 Å². The van der Waals surface area contributed by atoms with E-state index < -0.39 is 0 Å². The molecule has 0 unspecified atom stereocenters. The second-order valence-corrected chi connectivity index (χ2v) is 5.36. The number of hydrogen-bond acceptors (Lipinski definition) is 3. The molecular formula is C16H17ClN4O. The van der Waals surface area contributed by atoms with Crippen molar-refractivity contribution in [1.29, 1.82) is 0 Å². The monoisotopic (exact) mass is 316 g/mol. The van der Waals surface area contributed by atoms with Crippen LogP contribution < -0.4 is 4.74 Å². The SMILES string of the molecule is CCc1nc(-c2nccn2-c2ccc(OC)c(Cl)c2)c(C)[nH]1. The van der Waals surface area contributed by atoms with Gasteiger partial charge in [-0.05, 0) is 25.1 Å². The number of aromatic nitrogens is 4. The van der Waals surface area contributed by atoms with Gasteiger partial charge in [0.15, 0.2) is 5.82 Å². The third-order valence-corrected chi connectivity index (χ3v) is 3.83. The van der Waals surface area contributed by atoms with Crippen LogP contribution in [0.2, 0.25) is 5.02 Å². The fourth-order valence-corrected chi connectivity index (χ4v) is 2.65. The molecule has 114 valence electrons. The molecule has 0 aliphatic heterocycles. The number of nitrogens with zero attached hydrogens (tertiary/aromatic N) is 3. The van der Waals surface area contributed by atoms with Gasteiger partial charge in [-0.15, -0.1) is 0 Å². The van der Waals surface area contributed by atoms with E-state index in [-0.39, 0.29) is 0 Å². The Morgan fingerprint density at radius 3 is 2.82 bits per heavy atom. The summed E-state index contributed by atoms with van der Waals surface area (Å²) in [6.07, 6.45) is 4.51. The average molecular weight is 317 g/mol. The van der Waals surface area contributed by atoms with Crippen LogP contribution in [0.4, 0.5) is 0 Å². The van der Waals surface area contributed by atoms with E-state index in [4.69, 9.17) is 16.3 Å². The molecule has 3 rings (SSSR count). The zero-order valence-corrected chi connectivity index (χ0v) is 13.5. The Balaban J connectivity index is 2.09. The zero-order valence-electron chi connectivity index (χ0n) is 12.7. The second-order valence-electron chi connectivity index (χ2n) is 4.95. The highest BCUT2D eigenvalue weighted by Gasteiger charge is 2.15. The highest BCUT2D eigenvalue weighted by atomic mass is 35.5. The molecule has 0 amide bonds. The van der Waals surface area contributed by atoms with Crippen molar-refractivity contribution in [2.45, 2.75) is 20.3 Å². The minimum Gasteiger partial charge on any atom is -0.495 e. The van der Waals surface area contributed by atoms with E-state index in [2.05, 4.69) is 21.9 Å². The lowest BCUT2D eigenvalue weighted by atomic mass is 10.2.